The first-order valence-corrected chi connectivity index (χ1v) is 6.44. The summed E-state index contributed by atoms with van der Waals surface area (Å²) in [6.07, 6.45) is 0. The summed E-state index contributed by atoms with van der Waals surface area (Å²) >= 11 is 0. The highest BCUT2D eigenvalue weighted by atomic mass is 16.6. The van der Waals surface area contributed by atoms with E-state index >= 15 is 0 Å². The van der Waals surface area contributed by atoms with Crippen molar-refractivity contribution < 1.29 is 14.6 Å². The Morgan fingerprint density at radius 3 is 1.30 bits per heavy atom. The van der Waals surface area contributed by atoms with E-state index in [9.17, 15) is 20.2 Å². The van der Waals surface area contributed by atoms with Crippen LogP contribution in [0, 0.1) is 20.2 Å². The predicted molar refractivity (Wildman–Crippen MR) is 85.3 cm³/mol. The molecule has 7 nitrogen and oxygen atoms in total. The van der Waals surface area contributed by atoms with E-state index in [4.69, 9.17) is 4.74 Å². The van der Waals surface area contributed by atoms with Gasteiger partial charge in [-0.15, -0.1) is 0 Å². The van der Waals surface area contributed by atoms with Gasteiger partial charge in [0, 0.05) is 35.4 Å². The minimum Gasteiger partial charge on any atom is -0.457 e. The predicted octanol–water partition coefficient (Wildman–Crippen LogP) is 4.16. The van der Waals surface area contributed by atoms with Gasteiger partial charge in [-0.1, -0.05) is 13.2 Å². The number of ether oxygens (including phenoxy) is 1. The molecule has 0 spiro atoms. The fraction of sp³-hybridized carbons (Fsp3) is 0. The molecule has 0 aliphatic carbocycles. The molecule has 0 aliphatic rings. The fourth-order valence-corrected chi connectivity index (χ4v) is 1.80. The summed E-state index contributed by atoms with van der Waals surface area (Å²) in [7, 11) is 0. The monoisotopic (exact) mass is 312 g/mol. The van der Waals surface area contributed by atoms with Crippen LogP contribution < -0.4 is 0 Å². The molecule has 0 radical (unpaired) electrons. The molecule has 0 aliphatic heterocycles. The number of hydrogen-bond acceptors (Lipinski definition) is 5. The summed E-state index contributed by atoms with van der Waals surface area (Å²) in [5, 5.41) is 21.2. The lowest BCUT2D eigenvalue weighted by Crippen LogP contribution is -1.93. The average Bonchev–Trinajstić information content (AvgIpc) is 2.54. The van der Waals surface area contributed by atoms with Crippen LogP contribution in [-0.2, 0) is 4.74 Å². The molecule has 23 heavy (non-hydrogen) atoms. The second kappa shape index (κ2) is 6.52. The van der Waals surface area contributed by atoms with E-state index in [1.165, 1.54) is 48.5 Å². The van der Waals surface area contributed by atoms with E-state index in [0.717, 1.165) is 0 Å². The van der Waals surface area contributed by atoms with Crippen molar-refractivity contribution in [2.75, 3.05) is 0 Å². The molecule has 0 heterocycles. The average molecular weight is 312 g/mol. The van der Waals surface area contributed by atoms with Crippen LogP contribution in [0.2, 0.25) is 0 Å². The van der Waals surface area contributed by atoms with Gasteiger partial charge in [-0.3, -0.25) is 20.2 Å². The van der Waals surface area contributed by atoms with Crippen LogP contribution in [0.25, 0.3) is 11.5 Å². The number of nitrogens with zero attached hydrogens (tertiary/aromatic N) is 2. The molecule has 0 fully saturated rings. The highest BCUT2D eigenvalue weighted by Gasteiger charge is 2.10. The Balaban J connectivity index is 2.08. The van der Waals surface area contributed by atoms with Crippen molar-refractivity contribution >= 4 is 22.9 Å². The van der Waals surface area contributed by atoms with Gasteiger partial charge in [0.25, 0.3) is 11.4 Å². The zero-order valence-corrected chi connectivity index (χ0v) is 12.0. The number of nitro benzene ring substituents is 2. The summed E-state index contributed by atoms with van der Waals surface area (Å²) in [5.41, 5.74) is 1.07. The fourth-order valence-electron chi connectivity index (χ4n) is 1.80. The lowest BCUT2D eigenvalue weighted by Gasteiger charge is -2.11. The maximum absolute atomic E-state index is 10.6. The van der Waals surface area contributed by atoms with Crippen molar-refractivity contribution in [3.05, 3.63) is 93.0 Å². The minimum absolute atomic E-state index is 0.0317. The van der Waals surface area contributed by atoms with Gasteiger partial charge in [0.15, 0.2) is 0 Å². The molecule has 2 aromatic carbocycles. The highest BCUT2D eigenvalue weighted by molar-refractivity contribution is 5.68. The summed E-state index contributed by atoms with van der Waals surface area (Å²) in [6, 6.07) is 11.5. The Hall–Kier alpha value is -3.48. The van der Waals surface area contributed by atoms with Crippen molar-refractivity contribution in [2.24, 2.45) is 0 Å². The van der Waals surface area contributed by atoms with Crippen LogP contribution in [0.3, 0.4) is 0 Å². The van der Waals surface area contributed by atoms with E-state index in [1.54, 1.807) is 0 Å². The quantitative estimate of drug-likeness (QED) is 0.453. The standard InChI is InChI=1S/C16H12N2O5/c1-11(13-3-7-15(8-4-13)17(19)20)23-12(2)14-5-9-16(10-6-14)18(21)22/h3-10H,1-2H2. The summed E-state index contributed by atoms with van der Waals surface area (Å²) < 4.78 is 5.49. The molecule has 0 saturated heterocycles. The Labute approximate surface area is 131 Å². The van der Waals surface area contributed by atoms with Crippen LogP contribution in [0.5, 0.6) is 0 Å². The Morgan fingerprint density at radius 1 is 0.739 bits per heavy atom. The largest absolute Gasteiger partial charge is 0.457 e. The SMILES string of the molecule is C=C(OC(=C)c1ccc([N+](=O)[O-])cc1)c1ccc([N+](=O)[O-])cc1. The molecular formula is C16H12N2O5. The van der Waals surface area contributed by atoms with E-state index in [-0.39, 0.29) is 22.9 Å². The van der Waals surface area contributed by atoms with E-state index in [2.05, 4.69) is 13.2 Å². The molecule has 0 aromatic heterocycles. The molecule has 0 bridgehead atoms. The second-order valence-corrected chi connectivity index (χ2v) is 4.56. The molecule has 116 valence electrons. The number of benzene rings is 2. The first kappa shape index (κ1) is 15.9. The lowest BCUT2D eigenvalue weighted by molar-refractivity contribution is -0.385. The minimum atomic E-state index is -0.497. The third-order valence-electron chi connectivity index (χ3n) is 3.05. The van der Waals surface area contributed by atoms with Gasteiger partial charge in [-0.25, -0.2) is 0 Å². The normalized spacial score (nSPS) is 9.91. The molecule has 0 unspecified atom stereocenters. The molecule has 0 atom stereocenters. The van der Waals surface area contributed by atoms with Crippen molar-refractivity contribution in [3.63, 3.8) is 0 Å². The smallest absolute Gasteiger partial charge is 0.269 e. The molecule has 0 saturated carbocycles. The zero-order valence-electron chi connectivity index (χ0n) is 12.0. The van der Waals surface area contributed by atoms with Crippen LogP contribution in [0.1, 0.15) is 11.1 Å². The van der Waals surface area contributed by atoms with E-state index in [1.807, 2.05) is 0 Å². The third-order valence-corrected chi connectivity index (χ3v) is 3.05. The molecular weight excluding hydrogens is 300 g/mol. The van der Waals surface area contributed by atoms with Crippen molar-refractivity contribution in [3.8, 4) is 0 Å². The summed E-state index contributed by atoms with van der Waals surface area (Å²) in [4.78, 5) is 20.2. The lowest BCUT2D eigenvalue weighted by atomic mass is 10.1. The summed E-state index contributed by atoms with van der Waals surface area (Å²) in [6.45, 7) is 7.50. The maximum atomic E-state index is 10.6. The van der Waals surface area contributed by atoms with Crippen molar-refractivity contribution in [2.45, 2.75) is 0 Å². The van der Waals surface area contributed by atoms with Gasteiger partial charge in [0.2, 0.25) is 0 Å². The number of non-ortho nitro benzene ring substituents is 2. The Morgan fingerprint density at radius 2 is 1.04 bits per heavy atom. The topological polar surface area (TPSA) is 95.5 Å². The second-order valence-electron chi connectivity index (χ2n) is 4.56. The van der Waals surface area contributed by atoms with Gasteiger partial charge in [-0.05, 0) is 24.3 Å². The van der Waals surface area contributed by atoms with Crippen LogP contribution >= 0.6 is 0 Å². The number of rotatable bonds is 6. The first-order chi connectivity index (χ1) is 10.9. The Bertz CT molecular complexity index is 712. The van der Waals surface area contributed by atoms with Crippen molar-refractivity contribution in [1.29, 1.82) is 0 Å². The molecule has 7 heteroatoms. The summed E-state index contributed by atoms with van der Waals surface area (Å²) in [5.74, 6) is 0.534. The van der Waals surface area contributed by atoms with E-state index < -0.39 is 9.85 Å². The van der Waals surface area contributed by atoms with Gasteiger partial charge < -0.3 is 4.74 Å². The molecule has 2 rings (SSSR count). The van der Waals surface area contributed by atoms with Crippen LogP contribution in [-0.4, -0.2) is 9.85 Å². The molecule has 0 N–H and O–H groups in total. The molecule has 2 aromatic rings. The highest BCUT2D eigenvalue weighted by Crippen LogP contribution is 2.25. The molecule has 0 amide bonds. The van der Waals surface area contributed by atoms with Crippen LogP contribution in [0.15, 0.2) is 61.7 Å². The van der Waals surface area contributed by atoms with Crippen molar-refractivity contribution in [1.82, 2.24) is 0 Å². The van der Waals surface area contributed by atoms with Gasteiger partial charge in [0.05, 0.1) is 9.85 Å². The number of nitro groups is 2. The van der Waals surface area contributed by atoms with E-state index in [0.29, 0.717) is 11.1 Å². The maximum Gasteiger partial charge on any atom is 0.269 e. The van der Waals surface area contributed by atoms with Gasteiger partial charge in [0.1, 0.15) is 11.5 Å². The first-order valence-electron chi connectivity index (χ1n) is 6.44. The van der Waals surface area contributed by atoms with Gasteiger partial charge in [-0.2, -0.15) is 0 Å². The Kier molecular flexibility index (Phi) is 4.51. The van der Waals surface area contributed by atoms with Crippen LogP contribution in [0.4, 0.5) is 11.4 Å². The third kappa shape index (κ3) is 3.79. The van der Waals surface area contributed by atoms with Gasteiger partial charge >= 0.3 is 0 Å². The number of hydrogen-bond donors (Lipinski definition) is 0. The zero-order chi connectivity index (χ0) is 17.0.